The molecular weight excluding hydrogens is 489 g/mol. The molecule has 2 unspecified atom stereocenters. The van der Waals surface area contributed by atoms with Gasteiger partial charge in [0.1, 0.15) is 0 Å². The van der Waals surface area contributed by atoms with E-state index in [-0.39, 0.29) is 35.9 Å². The van der Waals surface area contributed by atoms with Gasteiger partial charge in [-0.1, -0.05) is 43.7 Å². The van der Waals surface area contributed by atoms with Crippen molar-refractivity contribution >= 4 is 35.8 Å². The Labute approximate surface area is 198 Å². The normalized spacial score (nSPS) is 22.5. The number of hydrogen-bond donors (Lipinski definition) is 2. The first kappa shape index (κ1) is 24.9. The second-order valence-electron chi connectivity index (χ2n) is 8.15. The molecule has 2 N–H and O–H groups in total. The van der Waals surface area contributed by atoms with Crippen molar-refractivity contribution in [2.45, 2.75) is 64.6 Å². The monoisotopic (exact) mass is 527 g/mol. The van der Waals surface area contributed by atoms with Crippen molar-refractivity contribution in [3.8, 4) is 0 Å². The van der Waals surface area contributed by atoms with Crippen LogP contribution in [0.2, 0.25) is 0 Å². The Kier molecular flexibility index (Phi) is 10.9. The molecule has 0 aliphatic carbocycles. The zero-order valence-electron chi connectivity index (χ0n) is 18.5. The lowest BCUT2D eigenvalue weighted by molar-refractivity contribution is -0.129. The summed E-state index contributed by atoms with van der Waals surface area (Å²) in [5.41, 5.74) is 1.38. The highest BCUT2D eigenvalue weighted by Crippen LogP contribution is 2.20. The van der Waals surface area contributed by atoms with E-state index in [2.05, 4.69) is 52.8 Å². The van der Waals surface area contributed by atoms with Crippen LogP contribution in [0.25, 0.3) is 0 Å². The Morgan fingerprint density at radius 1 is 1.13 bits per heavy atom. The summed E-state index contributed by atoms with van der Waals surface area (Å²) in [6.07, 6.45) is 5.33. The summed E-state index contributed by atoms with van der Waals surface area (Å²) in [7, 11) is 0. The molecule has 1 aromatic rings. The van der Waals surface area contributed by atoms with E-state index in [9.17, 15) is 4.79 Å². The first-order valence-electron chi connectivity index (χ1n) is 11.3. The van der Waals surface area contributed by atoms with Gasteiger partial charge in [0, 0.05) is 44.7 Å². The van der Waals surface area contributed by atoms with E-state index in [1.807, 2.05) is 11.8 Å². The van der Waals surface area contributed by atoms with E-state index >= 15 is 0 Å². The van der Waals surface area contributed by atoms with E-state index in [0.717, 1.165) is 51.6 Å². The number of piperidine rings is 1. The Bertz CT molecular complexity index is 669. The van der Waals surface area contributed by atoms with Crippen LogP contribution in [0.3, 0.4) is 0 Å². The molecule has 1 amide bonds. The number of rotatable bonds is 7. The summed E-state index contributed by atoms with van der Waals surface area (Å²) in [5.74, 6) is 1.13. The van der Waals surface area contributed by atoms with Crippen molar-refractivity contribution < 1.29 is 4.79 Å². The summed E-state index contributed by atoms with van der Waals surface area (Å²) < 4.78 is 0. The number of likely N-dealkylation sites (tertiary alicyclic amines) is 2. The van der Waals surface area contributed by atoms with Gasteiger partial charge in [-0.15, -0.1) is 24.0 Å². The number of carbonyl (C=O) groups excluding carboxylic acids is 1. The molecule has 7 heteroatoms. The number of carbonyl (C=O) groups is 1. The summed E-state index contributed by atoms with van der Waals surface area (Å²) in [6, 6.07) is 11.5. The average molecular weight is 527 g/mol. The van der Waals surface area contributed by atoms with Crippen LogP contribution in [0.4, 0.5) is 0 Å². The maximum Gasteiger partial charge on any atom is 0.222 e. The molecule has 6 nitrogen and oxygen atoms in total. The van der Waals surface area contributed by atoms with Crippen LogP contribution in [0.1, 0.15) is 51.5 Å². The Hall–Kier alpha value is -1.35. The van der Waals surface area contributed by atoms with E-state index < -0.39 is 0 Å². The van der Waals surface area contributed by atoms with Gasteiger partial charge in [0.2, 0.25) is 5.91 Å². The fourth-order valence-corrected chi connectivity index (χ4v) is 4.33. The molecule has 168 valence electrons. The Morgan fingerprint density at radius 2 is 1.93 bits per heavy atom. The first-order valence-corrected chi connectivity index (χ1v) is 11.3. The third-order valence-corrected chi connectivity index (χ3v) is 5.97. The van der Waals surface area contributed by atoms with Crippen molar-refractivity contribution in [1.82, 2.24) is 20.4 Å². The molecule has 2 saturated heterocycles. The van der Waals surface area contributed by atoms with Crippen molar-refractivity contribution in [3.05, 3.63) is 35.9 Å². The van der Waals surface area contributed by atoms with Crippen LogP contribution >= 0.6 is 24.0 Å². The fourth-order valence-electron chi connectivity index (χ4n) is 4.33. The molecule has 0 radical (unpaired) electrons. The minimum Gasteiger partial charge on any atom is -0.357 e. The lowest BCUT2D eigenvalue weighted by Gasteiger charge is -2.35. The lowest BCUT2D eigenvalue weighted by Crippen LogP contribution is -2.46. The molecule has 0 aromatic heterocycles. The summed E-state index contributed by atoms with van der Waals surface area (Å²) in [4.78, 5) is 21.4. The quantitative estimate of drug-likeness (QED) is 0.325. The smallest absolute Gasteiger partial charge is 0.222 e. The highest BCUT2D eigenvalue weighted by molar-refractivity contribution is 14.0. The summed E-state index contributed by atoms with van der Waals surface area (Å²) in [5, 5.41) is 6.95. The van der Waals surface area contributed by atoms with Gasteiger partial charge < -0.3 is 15.5 Å². The summed E-state index contributed by atoms with van der Waals surface area (Å²) in [6.45, 7) is 9.46. The largest absolute Gasteiger partial charge is 0.357 e. The highest BCUT2D eigenvalue weighted by Gasteiger charge is 2.26. The molecule has 30 heavy (non-hydrogen) atoms. The van der Waals surface area contributed by atoms with E-state index in [1.165, 1.54) is 24.8 Å². The zero-order valence-corrected chi connectivity index (χ0v) is 20.8. The number of guanidine groups is 1. The van der Waals surface area contributed by atoms with Gasteiger partial charge >= 0.3 is 0 Å². The molecule has 0 saturated carbocycles. The van der Waals surface area contributed by atoms with Gasteiger partial charge in [0.05, 0.1) is 6.54 Å². The van der Waals surface area contributed by atoms with E-state index in [4.69, 9.17) is 4.99 Å². The Morgan fingerprint density at radius 3 is 2.67 bits per heavy atom. The van der Waals surface area contributed by atoms with Gasteiger partial charge in [-0.05, 0) is 38.3 Å². The van der Waals surface area contributed by atoms with Crippen molar-refractivity contribution in [2.24, 2.45) is 4.99 Å². The number of benzene rings is 1. The molecule has 2 atom stereocenters. The molecule has 2 aliphatic rings. The maximum absolute atomic E-state index is 11.9. The predicted molar refractivity (Wildman–Crippen MR) is 134 cm³/mol. The second kappa shape index (κ2) is 13.1. The standard InChI is InChI=1S/C23H37N5O.HI/c1-3-22(29)28-15-13-20(18-28)26-23(24-4-2)25-16-21-12-8-9-14-27(21)17-19-10-6-5-7-11-19;/h5-7,10-11,20-21H,3-4,8-9,12-18H2,1-2H3,(H2,24,25,26);1H. The molecule has 0 spiro atoms. The molecule has 3 rings (SSSR count). The third kappa shape index (κ3) is 7.41. The molecule has 2 heterocycles. The number of amides is 1. The van der Waals surface area contributed by atoms with Gasteiger partial charge in [-0.25, -0.2) is 0 Å². The predicted octanol–water partition coefficient (Wildman–Crippen LogP) is 3.23. The molecule has 2 aliphatic heterocycles. The van der Waals surface area contributed by atoms with Gasteiger partial charge in [0.15, 0.2) is 5.96 Å². The number of nitrogens with one attached hydrogen (secondary N) is 2. The highest BCUT2D eigenvalue weighted by atomic mass is 127. The third-order valence-electron chi connectivity index (χ3n) is 5.97. The van der Waals surface area contributed by atoms with E-state index in [1.54, 1.807) is 0 Å². The molecule has 0 bridgehead atoms. The van der Waals surface area contributed by atoms with Gasteiger partial charge in [0.25, 0.3) is 0 Å². The first-order chi connectivity index (χ1) is 14.2. The minimum atomic E-state index is 0. The second-order valence-corrected chi connectivity index (χ2v) is 8.15. The number of halogens is 1. The number of hydrogen-bond acceptors (Lipinski definition) is 3. The average Bonchev–Trinajstić information content (AvgIpc) is 3.22. The van der Waals surface area contributed by atoms with Crippen molar-refractivity contribution in [1.29, 1.82) is 0 Å². The van der Waals surface area contributed by atoms with Crippen LogP contribution in [0.5, 0.6) is 0 Å². The van der Waals surface area contributed by atoms with Crippen molar-refractivity contribution in [3.63, 3.8) is 0 Å². The van der Waals surface area contributed by atoms with Gasteiger partial charge in [-0.3, -0.25) is 14.7 Å². The van der Waals surface area contributed by atoms with Crippen LogP contribution in [-0.2, 0) is 11.3 Å². The SMILES string of the molecule is CCNC(=NCC1CCCCN1Cc1ccccc1)NC1CCN(C(=O)CC)C1.I. The molecular formula is C23H38IN5O. The van der Waals surface area contributed by atoms with Gasteiger partial charge in [-0.2, -0.15) is 0 Å². The topological polar surface area (TPSA) is 60.0 Å². The molecule has 2 fully saturated rings. The minimum absolute atomic E-state index is 0. The van der Waals surface area contributed by atoms with Crippen LogP contribution in [0, 0.1) is 0 Å². The van der Waals surface area contributed by atoms with Crippen LogP contribution in [-0.4, -0.2) is 66.5 Å². The van der Waals surface area contributed by atoms with Crippen LogP contribution in [0.15, 0.2) is 35.3 Å². The van der Waals surface area contributed by atoms with E-state index in [0.29, 0.717) is 12.5 Å². The molecule has 1 aromatic carbocycles. The number of nitrogens with zero attached hydrogens (tertiary/aromatic N) is 3. The maximum atomic E-state index is 11.9. The zero-order chi connectivity index (χ0) is 20.5. The lowest BCUT2D eigenvalue weighted by atomic mass is 10.0. The summed E-state index contributed by atoms with van der Waals surface area (Å²) >= 11 is 0. The number of aliphatic imine (C=N–C) groups is 1. The fraction of sp³-hybridized carbons (Fsp3) is 0.652. The van der Waals surface area contributed by atoms with Crippen LogP contribution < -0.4 is 10.6 Å². The Balaban J connectivity index is 0.00000320. The van der Waals surface area contributed by atoms with Crippen molar-refractivity contribution in [2.75, 3.05) is 32.7 Å².